The lowest BCUT2D eigenvalue weighted by molar-refractivity contribution is 0.994. The third kappa shape index (κ3) is 5.15. The van der Waals surface area contributed by atoms with Crippen LogP contribution in [0.25, 0.3) is 129 Å². The Hall–Kier alpha value is -7.90. The van der Waals surface area contributed by atoms with E-state index in [2.05, 4.69) is 209 Å². The number of nitrogens with zero attached hydrogens (tertiary/aromatic N) is 4. The van der Waals surface area contributed by atoms with E-state index >= 15 is 0 Å². The Bertz CT molecular complexity index is 3960. The van der Waals surface area contributed by atoms with Crippen LogP contribution in [0.3, 0.4) is 0 Å². The monoisotopic (exact) mass is 850 g/mol. The zero-order valence-electron chi connectivity index (χ0n) is 34.2. The first-order valence-electron chi connectivity index (χ1n) is 21.6. The summed E-state index contributed by atoms with van der Waals surface area (Å²) >= 11 is 3.72. The van der Waals surface area contributed by atoms with Crippen LogP contribution < -0.4 is 0 Å². The molecule has 0 aliphatic rings. The van der Waals surface area contributed by atoms with Gasteiger partial charge in [-0.05, 0) is 70.8 Å². The molecule has 0 saturated heterocycles. The first-order valence-corrected chi connectivity index (χ1v) is 23.2. The Morgan fingerprint density at radius 1 is 0.297 bits per heavy atom. The molecule has 14 aromatic rings. The van der Waals surface area contributed by atoms with Gasteiger partial charge in [-0.2, -0.15) is 0 Å². The fraction of sp³-hybridized carbons (Fsp3) is 0. The minimum Gasteiger partial charge on any atom is -0.294 e. The molecule has 0 spiro atoms. The summed E-state index contributed by atoms with van der Waals surface area (Å²) in [5, 5.41) is 9.97. The van der Waals surface area contributed by atoms with Crippen molar-refractivity contribution in [3.8, 4) is 45.3 Å². The molecule has 0 aliphatic carbocycles. The molecule has 0 atom stereocenters. The standard InChI is InChI=1S/C58H34N4S2/c1-2-16-35(17-3-1)58-59-52(61-44-26-8-4-18-40(44)54-36(22-12-28-46(54)61)38-24-14-32-50-56(38)42-20-6-10-30-48(42)63-50)34-53(60-58)62-45-27-9-5-19-41(45)55-37(23-13-29-47(55)62)39-25-15-33-51-57(39)43-21-7-11-31-49(43)64-51/h1-34H. The van der Waals surface area contributed by atoms with Gasteiger partial charge in [-0.15, -0.1) is 22.7 Å². The number of benzene rings is 9. The van der Waals surface area contributed by atoms with Crippen molar-refractivity contribution >= 4 is 107 Å². The summed E-state index contributed by atoms with van der Waals surface area (Å²) in [5.74, 6) is 2.28. The lowest BCUT2D eigenvalue weighted by Crippen LogP contribution is -2.06. The second kappa shape index (κ2) is 13.8. The maximum absolute atomic E-state index is 5.47. The van der Waals surface area contributed by atoms with Gasteiger partial charge in [0, 0.05) is 73.5 Å². The van der Waals surface area contributed by atoms with E-state index in [1.807, 2.05) is 28.7 Å². The summed E-state index contributed by atoms with van der Waals surface area (Å²) < 4.78 is 9.88. The van der Waals surface area contributed by atoms with E-state index in [1.165, 1.54) is 84.1 Å². The van der Waals surface area contributed by atoms with E-state index in [1.54, 1.807) is 0 Å². The maximum Gasteiger partial charge on any atom is 0.163 e. The molecule has 0 unspecified atom stereocenters. The first kappa shape index (κ1) is 35.7. The van der Waals surface area contributed by atoms with Crippen LogP contribution in [-0.4, -0.2) is 19.1 Å². The second-order valence-electron chi connectivity index (χ2n) is 16.4. The fourth-order valence-electron chi connectivity index (χ4n) is 10.3. The van der Waals surface area contributed by atoms with E-state index in [0.717, 1.165) is 39.3 Å². The van der Waals surface area contributed by atoms with Crippen LogP contribution in [0.15, 0.2) is 206 Å². The molecule has 5 aromatic heterocycles. The molecule has 298 valence electrons. The lowest BCUT2D eigenvalue weighted by Gasteiger charge is -2.14. The van der Waals surface area contributed by atoms with Gasteiger partial charge in [0.25, 0.3) is 0 Å². The van der Waals surface area contributed by atoms with Crippen LogP contribution in [0.2, 0.25) is 0 Å². The Kier molecular flexibility index (Phi) is 7.69. The molecule has 0 aliphatic heterocycles. The summed E-state index contributed by atoms with van der Waals surface area (Å²) in [5.41, 5.74) is 10.2. The molecule has 4 nitrogen and oxygen atoms in total. The summed E-state index contributed by atoms with van der Waals surface area (Å²) in [6, 6.07) is 74.6. The smallest absolute Gasteiger partial charge is 0.163 e. The van der Waals surface area contributed by atoms with Crippen molar-refractivity contribution in [2.75, 3.05) is 0 Å². The van der Waals surface area contributed by atoms with Crippen LogP contribution in [0.1, 0.15) is 0 Å². The highest BCUT2D eigenvalue weighted by atomic mass is 32.1. The first-order chi connectivity index (χ1) is 31.8. The third-order valence-electron chi connectivity index (χ3n) is 13.0. The topological polar surface area (TPSA) is 35.6 Å². The second-order valence-corrected chi connectivity index (χ2v) is 18.6. The van der Waals surface area contributed by atoms with Gasteiger partial charge >= 0.3 is 0 Å². The van der Waals surface area contributed by atoms with Crippen molar-refractivity contribution in [2.45, 2.75) is 0 Å². The summed E-state index contributed by atoms with van der Waals surface area (Å²) in [4.78, 5) is 10.9. The molecule has 64 heavy (non-hydrogen) atoms. The largest absolute Gasteiger partial charge is 0.294 e. The molecular formula is C58H34N4S2. The molecule has 6 heteroatoms. The van der Waals surface area contributed by atoms with Crippen molar-refractivity contribution in [3.63, 3.8) is 0 Å². The number of hydrogen-bond donors (Lipinski definition) is 0. The molecule has 0 saturated carbocycles. The molecule has 14 rings (SSSR count). The van der Waals surface area contributed by atoms with Crippen molar-refractivity contribution in [1.29, 1.82) is 0 Å². The van der Waals surface area contributed by atoms with Crippen molar-refractivity contribution in [3.05, 3.63) is 206 Å². The van der Waals surface area contributed by atoms with E-state index in [9.17, 15) is 0 Å². The Labute approximate surface area is 375 Å². The van der Waals surface area contributed by atoms with Crippen LogP contribution in [0, 0.1) is 0 Å². The number of rotatable bonds is 5. The predicted molar refractivity (Wildman–Crippen MR) is 273 cm³/mol. The van der Waals surface area contributed by atoms with Gasteiger partial charge in [-0.25, -0.2) is 9.97 Å². The van der Waals surface area contributed by atoms with Crippen LogP contribution in [0.4, 0.5) is 0 Å². The molecule has 0 bridgehead atoms. The predicted octanol–water partition coefficient (Wildman–Crippen LogP) is 16.4. The maximum atomic E-state index is 5.47. The Balaban J connectivity index is 1.06. The van der Waals surface area contributed by atoms with Gasteiger partial charge in [-0.1, -0.05) is 152 Å². The van der Waals surface area contributed by atoms with Crippen LogP contribution in [0.5, 0.6) is 0 Å². The summed E-state index contributed by atoms with van der Waals surface area (Å²) in [6.07, 6.45) is 0. The molecule has 5 heterocycles. The number of para-hydroxylation sites is 2. The van der Waals surface area contributed by atoms with E-state index in [4.69, 9.17) is 9.97 Å². The molecular weight excluding hydrogens is 817 g/mol. The molecule has 9 aromatic carbocycles. The quantitative estimate of drug-likeness (QED) is 0.173. The van der Waals surface area contributed by atoms with E-state index in [0.29, 0.717) is 5.82 Å². The number of aromatic nitrogens is 4. The van der Waals surface area contributed by atoms with Gasteiger partial charge in [0.05, 0.1) is 22.1 Å². The summed E-state index contributed by atoms with van der Waals surface area (Å²) in [6.45, 7) is 0. The molecule has 0 radical (unpaired) electrons. The Morgan fingerprint density at radius 3 is 1.17 bits per heavy atom. The normalized spacial score (nSPS) is 12.1. The minimum atomic E-state index is 0.668. The van der Waals surface area contributed by atoms with Gasteiger partial charge in [-0.3, -0.25) is 9.13 Å². The average molecular weight is 851 g/mol. The van der Waals surface area contributed by atoms with E-state index < -0.39 is 0 Å². The highest BCUT2D eigenvalue weighted by Gasteiger charge is 2.23. The highest BCUT2D eigenvalue weighted by Crippen LogP contribution is 2.47. The molecule has 0 fully saturated rings. The van der Waals surface area contributed by atoms with Gasteiger partial charge in [0.2, 0.25) is 0 Å². The van der Waals surface area contributed by atoms with Crippen molar-refractivity contribution < 1.29 is 0 Å². The highest BCUT2D eigenvalue weighted by molar-refractivity contribution is 7.26. The van der Waals surface area contributed by atoms with E-state index in [-0.39, 0.29) is 0 Å². The number of hydrogen-bond acceptors (Lipinski definition) is 4. The average Bonchev–Trinajstić information content (AvgIpc) is 4.12. The van der Waals surface area contributed by atoms with Gasteiger partial charge in [0.1, 0.15) is 11.6 Å². The van der Waals surface area contributed by atoms with Crippen molar-refractivity contribution in [1.82, 2.24) is 19.1 Å². The zero-order valence-corrected chi connectivity index (χ0v) is 35.9. The van der Waals surface area contributed by atoms with Crippen molar-refractivity contribution in [2.24, 2.45) is 0 Å². The fourth-order valence-corrected chi connectivity index (χ4v) is 12.6. The van der Waals surface area contributed by atoms with Crippen LogP contribution >= 0.6 is 22.7 Å². The lowest BCUT2D eigenvalue weighted by atomic mass is 9.95. The SMILES string of the molecule is c1ccc(-c2nc(-n3c4ccccc4c4c(-c5cccc6sc7ccccc7c56)cccc43)cc(-n3c4ccccc4c4c(-c5cccc6sc7ccccc7c56)cccc43)n2)cc1. The number of fused-ring (bicyclic) bond motifs is 12. The van der Waals surface area contributed by atoms with Gasteiger partial charge < -0.3 is 0 Å². The minimum absolute atomic E-state index is 0.668. The molecule has 0 N–H and O–H groups in total. The molecule has 0 amide bonds. The third-order valence-corrected chi connectivity index (χ3v) is 15.2. The number of thiophene rings is 2. The Morgan fingerprint density at radius 2 is 0.672 bits per heavy atom. The van der Waals surface area contributed by atoms with Crippen LogP contribution in [-0.2, 0) is 0 Å². The van der Waals surface area contributed by atoms with Gasteiger partial charge in [0.15, 0.2) is 5.82 Å². The zero-order chi connectivity index (χ0) is 41.9. The summed E-state index contributed by atoms with van der Waals surface area (Å²) in [7, 11) is 0.